The summed E-state index contributed by atoms with van der Waals surface area (Å²) in [7, 11) is 0. The molecule has 1 aromatic carbocycles. The molecule has 110 valence electrons. The monoisotopic (exact) mass is 300 g/mol. The molecular weight excluding hydrogens is 280 g/mol. The van der Waals surface area contributed by atoms with Gasteiger partial charge in [0.1, 0.15) is 11.9 Å². The SMILES string of the molecule is CSc1ccc(O[C@@H]2CCN(c3ccncc3)C2)cc1C. The molecule has 2 aromatic rings. The van der Waals surface area contributed by atoms with E-state index in [9.17, 15) is 0 Å². The van der Waals surface area contributed by atoms with Crippen LogP contribution in [0.1, 0.15) is 12.0 Å². The maximum absolute atomic E-state index is 6.14. The van der Waals surface area contributed by atoms with Crippen LogP contribution in [0, 0.1) is 6.92 Å². The fourth-order valence-electron chi connectivity index (χ4n) is 2.73. The van der Waals surface area contributed by atoms with Crippen LogP contribution in [0.4, 0.5) is 5.69 Å². The molecule has 1 saturated heterocycles. The molecule has 0 aliphatic carbocycles. The van der Waals surface area contributed by atoms with Crippen molar-refractivity contribution in [3.05, 3.63) is 48.3 Å². The van der Waals surface area contributed by atoms with Gasteiger partial charge < -0.3 is 9.64 Å². The molecule has 0 saturated carbocycles. The third kappa shape index (κ3) is 3.32. The Morgan fingerprint density at radius 1 is 1.24 bits per heavy atom. The van der Waals surface area contributed by atoms with E-state index in [0.717, 1.165) is 25.3 Å². The summed E-state index contributed by atoms with van der Waals surface area (Å²) in [5, 5.41) is 0. The number of nitrogens with zero attached hydrogens (tertiary/aromatic N) is 2. The number of aromatic nitrogens is 1. The third-order valence-electron chi connectivity index (χ3n) is 3.84. The first-order valence-corrected chi connectivity index (χ1v) is 8.45. The van der Waals surface area contributed by atoms with Gasteiger partial charge in [-0.2, -0.15) is 0 Å². The molecule has 0 amide bonds. The third-order valence-corrected chi connectivity index (χ3v) is 4.74. The van der Waals surface area contributed by atoms with Crippen LogP contribution in [0.2, 0.25) is 0 Å². The lowest BCUT2D eigenvalue weighted by atomic mass is 10.2. The minimum absolute atomic E-state index is 0.262. The molecule has 3 nitrogen and oxygen atoms in total. The fraction of sp³-hybridized carbons (Fsp3) is 0.353. The van der Waals surface area contributed by atoms with Gasteiger partial charge in [-0.15, -0.1) is 11.8 Å². The molecule has 2 heterocycles. The minimum Gasteiger partial charge on any atom is -0.489 e. The second-order valence-electron chi connectivity index (χ2n) is 5.31. The summed E-state index contributed by atoms with van der Waals surface area (Å²) in [5.74, 6) is 0.979. The number of hydrogen-bond acceptors (Lipinski definition) is 4. The van der Waals surface area contributed by atoms with Gasteiger partial charge >= 0.3 is 0 Å². The van der Waals surface area contributed by atoms with Crippen molar-refractivity contribution in [3.63, 3.8) is 0 Å². The van der Waals surface area contributed by atoms with Crippen molar-refractivity contribution in [2.75, 3.05) is 24.2 Å². The summed E-state index contributed by atoms with van der Waals surface area (Å²) in [6.07, 6.45) is 7.11. The normalized spacial score (nSPS) is 18.0. The van der Waals surface area contributed by atoms with Crippen LogP contribution >= 0.6 is 11.8 Å². The summed E-state index contributed by atoms with van der Waals surface area (Å²) in [4.78, 5) is 7.74. The quantitative estimate of drug-likeness (QED) is 0.803. The predicted molar refractivity (Wildman–Crippen MR) is 88.4 cm³/mol. The van der Waals surface area contributed by atoms with Crippen molar-refractivity contribution in [2.45, 2.75) is 24.3 Å². The highest BCUT2D eigenvalue weighted by molar-refractivity contribution is 7.98. The molecule has 0 bridgehead atoms. The van der Waals surface area contributed by atoms with Crippen molar-refractivity contribution < 1.29 is 4.74 Å². The van der Waals surface area contributed by atoms with Crippen molar-refractivity contribution in [1.82, 2.24) is 4.98 Å². The topological polar surface area (TPSA) is 25.4 Å². The fourth-order valence-corrected chi connectivity index (χ4v) is 3.32. The second kappa shape index (κ2) is 6.39. The van der Waals surface area contributed by atoms with Gasteiger partial charge in [-0.1, -0.05) is 0 Å². The van der Waals surface area contributed by atoms with E-state index in [1.807, 2.05) is 12.4 Å². The Kier molecular flexibility index (Phi) is 4.34. The number of thioether (sulfide) groups is 1. The maximum atomic E-state index is 6.14. The first kappa shape index (κ1) is 14.3. The van der Waals surface area contributed by atoms with Gasteiger partial charge in [0.25, 0.3) is 0 Å². The van der Waals surface area contributed by atoms with Crippen LogP contribution in [-0.4, -0.2) is 30.4 Å². The summed E-state index contributed by atoms with van der Waals surface area (Å²) >= 11 is 1.77. The van der Waals surface area contributed by atoms with E-state index in [0.29, 0.717) is 0 Å². The molecule has 4 heteroatoms. The van der Waals surface area contributed by atoms with Crippen molar-refractivity contribution >= 4 is 17.4 Å². The predicted octanol–water partition coefficient (Wildman–Crippen LogP) is 3.77. The van der Waals surface area contributed by atoms with Crippen molar-refractivity contribution in [3.8, 4) is 5.75 Å². The maximum Gasteiger partial charge on any atom is 0.120 e. The molecule has 1 fully saturated rings. The summed E-state index contributed by atoms with van der Waals surface area (Å²) in [5.41, 5.74) is 2.51. The first-order chi connectivity index (χ1) is 10.3. The Bertz CT molecular complexity index is 603. The molecule has 1 atom stereocenters. The molecular formula is C17H20N2OS. The molecule has 0 radical (unpaired) electrons. The van der Waals surface area contributed by atoms with Gasteiger partial charge in [-0.05, 0) is 49.1 Å². The van der Waals surface area contributed by atoms with Crippen LogP contribution in [0.5, 0.6) is 5.75 Å². The van der Waals surface area contributed by atoms with Gasteiger partial charge in [-0.3, -0.25) is 4.98 Å². The highest BCUT2D eigenvalue weighted by atomic mass is 32.2. The Hall–Kier alpha value is -1.68. The highest BCUT2D eigenvalue weighted by Gasteiger charge is 2.24. The molecule has 1 aliphatic rings. The number of hydrogen-bond donors (Lipinski definition) is 0. The Morgan fingerprint density at radius 2 is 2.05 bits per heavy atom. The van der Waals surface area contributed by atoms with Gasteiger partial charge in [0.05, 0.1) is 6.54 Å². The lowest BCUT2D eigenvalue weighted by Crippen LogP contribution is -2.24. The minimum atomic E-state index is 0.262. The number of rotatable bonds is 4. The molecule has 21 heavy (non-hydrogen) atoms. The van der Waals surface area contributed by atoms with E-state index >= 15 is 0 Å². The van der Waals surface area contributed by atoms with E-state index in [-0.39, 0.29) is 6.10 Å². The number of pyridine rings is 1. The Balaban J connectivity index is 1.63. The summed E-state index contributed by atoms with van der Waals surface area (Å²) in [6, 6.07) is 10.5. The van der Waals surface area contributed by atoms with E-state index in [1.54, 1.807) is 11.8 Å². The van der Waals surface area contributed by atoms with Gasteiger partial charge in [0.15, 0.2) is 0 Å². The largest absolute Gasteiger partial charge is 0.489 e. The Labute approximate surface area is 130 Å². The molecule has 0 spiro atoms. The molecule has 0 unspecified atom stereocenters. The van der Waals surface area contributed by atoms with E-state index in [2.05, 4.69) is 53.4 Å². The standard InChI is InChI=1S/C17H20N2OS/c1-13-11-15(3-4-17(13)21-2)20-16-7-10-19(12-16)14-5-8-18-9-6-14/h3-6,8-9,11,16H,7,10,12H2,1-2H3/t16-/m1/s1. The first-order valence-electron chi connectivity index (χ1n) is 7.22. The molecule has 3 rings (SSSR count). The number of ether oxygens (including phenoxy) is 1. The van der Waals surface area contributed by atoms with Gasteiger partial charge in [0.2, 0.25) is 0 Å². The zero-order valence-corrected chi connectivity index (χ0v) is 13.3. The highest BCUT2D eigenvalue weighted by Crippen LogP contribution is 2.27. The summed E-state index contributed by atoms with van der Waals surface area (Å²) < 4.78 is 6.14. The van der Waals surface area contributed by atoms with Crippen molar-refractivity contribution in [2.24, 2.45) is 0 Å². The van der Waals surface area contributed by atoms with E-state index < -0.39 is 0 Å². The summed E-state index contributed by atoms with van der Waals surface area (Å²) in [6.45, 7) is 4.11. The molecule has 1 aromatic heterocycles. The van der Waals surface area contributed by atoms with Crippen LogP contribution in [-0.2, 0) is 0 Å². The smallest absolute Gasteiger partial charge is 0.120 e. The molecule has 0 N–H and O–H groups in total. The van der Waals surface area contributed by atoms with E-state index in [4.69, 9.17) is 4.74 Å². The zero-order chi connectivity index (χ0) is 14.7. The Morgan fingerprint density at radius 3 is 2.76 bits per heavy atom. The number of anilines is 1. The number of benzene rings is 1. The van der Waals surface area contributed by atoms with E-state index in [1.165, 1.54) is 16.1 Å². The lowest BCUT2D eigenvalue weighted by molar-refractivity contribution is 0.224. The average molecular weight is 300 g/mol. The van der Waals surface area contributed by atoms with Crippen LogP contribution in [0.25, 0.3) is 0 Å². The van der Waals surface area contributed by atoms with Crippen LogP contribution in [0.3, 0.4) is 0 Å². The van der Waals surface area contributed by atoms with Gasteiger partial charge in [-0.25, -0.2) is 0 Å². The van der Waals surface area contributed by atoms with Crippen LogP contribution < -0.4 is 9.64 Å². The van der Waals surface area contributed by atoms with Crippen LogP contribution in [0.15, 0.2) is 47.6 Å². The second-order valence-corrected chi connectivity index (χ2v) is 6.16. The molecule has 1 aliphatic heterocycles. The lowest BCUT2D eigenvalue weighted by Gasteiger charge is -2.19. The van der Waals surface area contributed by atoms with Gasteiger partial charge in [0, 0.05) is 35.9 Å². The number of aryl methyl sites for hydroxylation is 1. The average Bonchev–Trinajstić information content (AvgIpc) is 2.97. The zero-order valence-electron chi connectivity index (χ0n) is 12.5. The van der Waals surface area contributed by atoms with Crippen molar-refractivity contribution in [1.29, 1.82) is 0 Å².